The van der Waals surface area contributed by atoms with Gasteiger partial charge in [-0.2, -0.15) is 0 Å². The largest absolute Gasteiger partial charge is 0.489 e. The first-order valence-corrected chi connectivity index (χ1v) is 10.3. The van der Waals surface area contributed by atoms with Gasteiger partial charge >= 0.3 is 0 Å². The average Bonchev–Trinajstić information content (AvgIpc) is 2.73. The van der Waals surface area contributed by atoms with Crippen LogP contribution in [0.3, 0.4) is 0 Å². The number of hydrogen-bond donors (Lipinski definition) is 3. The fourth-order valence-corrected chi connectivity index (χ4v) is 5.08. The summed E-state index contributed by atoms with van der Waals surface area (Å²) in [6.45, 7) is -0.559. The molecule has 0 saturated carbocycles. The number of amides is 1. The van der Waals surface area contributed by atoms with Gasteiger partial charge in [0.15, 0.2) is 15.4 Å². The monoisotopic (exact) mass is 425 g/mol. The fourth-order valence-electron chi connectivity index (χ4n) is 3.14. The SMILES string of the molecule is O=C(NO)C1(O)COCCC1S(=O)(=O)c1ccc(OCc2ccccc2F)cc1. The van der Waals surface area contributed by atoms with E-state index in [0.29, 0.717) is 11.3 Å². The minimum absolute atomic E-state index is 0.0326. The number of hydrogen-bond acceptors (Lipinski definition) is 7. The highest BCUT2D eigenvalue weighted by Crippen LogP contribution is 2.32. The number of carbonyl (C=O) groups is 1. The van der Waals surface area contributed by atoms with Crippen molar-refractivity contribution in [3.8, 4) is 5.75 Å². The van der Waals surface area contributed by atoms with Crippen LogP contribution in [0.5, 0.6) is 5.75 Å². The Balaban J connectivity index is 1.79. The van der Waals surface area contributed by atoms with Gasteiger partial charge in [0.25, 0.3) is 5.91 Å². The molecule has 156 valence electrons. The summed E-state index contributed by atoms with van der Waals surface area (Å²) < 4.78 is 50.1. The zero-order chi connectivity index (χ0) is 21.1. The number of sulfone groups is 1. The second-order valence-electron chi connectivity index (χ2n) is 6.59. The van der Waals surface area contributed by atoms with Gasteiger partial charge in [0.2, 0.25) is 0 Å². The van der Waals surface area contributed by atoms with Crippen molar-refractivity contribution in [1.82, 2.24) is 5.48 Å². The smallest absolute Gasteiger partial charge is 0.279 e. The third-order valence-corrected chi connectivity index (χ3v) is 7.06. The van der Waals surface area contributed by atoms with E-state index in [1.54, 1.807) is 18.2 Å². The molecule has 1 saturated heterocycles. The molecule has 1 aliphatic rings. The molecule has 10 heteroatoms. The first-order chi connectivity index (χ1) is 13.8. The minimum Gasteiger partial charge on any atom is -0.489 e. The molecule has 0 aliphatic carbocycles. The zero-order valence-corrected chi connectivity index (χ0v) is 16.1. The van der Waals surface area contributed by atoms with E-state index in [4.69, 9.17) is 14.7 Å². The van der Waals surface area contributed by atoms with Gasteiger partial charge in [0.05, 0.1) is 11.5 Å². The van der Waals surface area contributed by atoms with Crippen LogP contribution >= 0.6 is 0 Å². The molecule has 1 aliphatic heterocycles. The molecule has 29 heavy (non-hydrogen) atoms. The van der Waals surface area contributed by atoms with Crippen LogP contribution in [0.2, 0.25) is 0 Å². The molecular formula is C19H20FNO7S. The van der Waals surface area contributed by atoms with Gasteiger partial charge in [-0.25, -0.2) is 18.3 Å². The molecule has 2 aromatic rings. The second-order valence-corrected chi connectivity index (χ2v) is 8.72. The van der Waals surface area contributed by atoms with Crippen molar-refractivity contribution < 1.29 is 37.4 Å². The average molecular weight is 425 g/mol. The maximum atomic E-state index is 13.6. The Bertz CT molecular complexity index is 980. The number of hydroxylamine groups is 1. The summed E-state index contributed by atoms with van der Waals surface area (Å²) in [5.74, 6) is -1.34. The first kappa shape index (κ1) is 21.2. The maximum absolute atomic E-state index is 13.6. The Morgan fingerprint density at radius 1 is 1.24 bits per heavy atom. The number of benzene rings is 2. The summed E-state index contributed by atoms with van der Waals surface area (Å²) in [6.07, 6.45) is -0.127. The van der Waals surface area contributed by atoms with Crippen molar-refractivity contribution in [2.75, 3.05) is 13.2 Å². The molecule has 8 nitrogen and oxygen atoms in total. The lowest BCUT2D eigenvalue weighted by Crippen LogP contribution is -2.62. The lowest BCUT2D eigenvalue weighted by molar-refractivity contribution is -0.161. The van der Waals surface area contributed by atoms with Gasteiger partial charge in [0, 0.05) is 12.2 Å². The first-order valence-electron chi connectivity index (χ1n) is 8.74. The van der Waals surface area contributed by atoms with E-state index in [1.807, 2.05) is 0 Å². The Morgan fingerprint density at radius 3 is 2.59 bits per heavy atom. The molecular weight excluding hydrogens is 405 g/mol. The molecule has 1 amide bonds. The Kier molecular flexibility index (Phi) is 6.18. The number of aliphatic hydroxyl groups is 1. The van der Waals surface area contributed by atoms with Gasteiger partial charge < -0.3 is 14.6 Å². The standard InChI is InChI=1S/C19H20FNO7S/c20-16-4-2-1-3-13(16)11-28-14-5-7-15(8-6-14)29(25,26)17-9-10-27-12-19(17,23)18(22)21-24/h1-8,17,23-24H,9-12H2,(H,21,22). The number of ether oxygens (including phenoxy) is 2. The number of rotatable bonds is 6. The molecule has 0 spiro atoms. The van der Waals surface area contributed by atoms with Crippen LogP contribution in [0.15, 0.2) is 53.4 Å². The van der Waals surface area contributed by atoms with Crippen LogP contribution in [0.1, 0.15) is 12.0 Å². The molecule has 1 heterocycles. The molecule has 0 bridgehead atoms. The van der Waals surface area contributed by atoms with Gasteiger partial charge in [-0.05, 0) is 36.8 Å². The van der Waals surface area contributed by atoms with Gasteiger partial charge in [-0.15, -0.1) is 0 Å². The highest BCUT2D eigenvalue weighted by molar-refractivity contribution is 7.92. The Labute approximate surface area is 166 Å². The topological polar surface area (TPSA) is 122 Å². The Morgan fingerprint density at radius 2 is 1.93 bits per heavy atom. The predicted molar refractivity (Wildman–Crippen MR) is 98.5 cm³/mol. The molecule has 0 aromatic heterocycles. The number of halogens is 1. The molecule has 2 unspecified atom stereocenters. The normalized spacial score (nSPS) is 22.1. The van der Waals surface area contributed by atoms with E-state index in [1.165, 1.54) is 35.8 Å². The second kappa shape index (κ2) is 8.46. The third-order valence-electron chi connectivity index (χ3n) is 4.75. The lowest BCUT2D eigenvalue weighted by atomic mass is 9.95. The summed E-state index contributed by atoms with van der Waals surface area (Å²) in [5, 5.41) is 17.9. The van der Waals surface area contributed by atoms with Crippen LogP contribution < -0.4 is 10.2 Å². The highest BCUT2D eigenvalue weighted by Gasteiger charge is 2.53. The van der Waals surface area contributed by atoms with Gasteiger partial charge in [-0.3, -0.25) is 10.0 Å². The van der Waals surface area contributed by atoms with E-state index in [-0.39, 0.29) is 24.5 Å². The molecule has 1 fully saturated rings. The summed E-state index contributed by atoms with van der Waals surface area (Å²) in [7, 11) is -4.13. The van der Waals surface area contributed by atoms with Crippen LogP contribution in [-0.4, -0.2) is 48.7 Å². The third kappa shape index (κ3) is 4.25. The van der Waals surface area contributed by atoms with E-state index in [0.717, 1.165) is 0 Å². The summed E-state index contributed by atoms with van der Waals surface area (Å²) in [5.41, 5.74) is -0.781. The minimum atomic E-state index is -4.13. The summed E-state index contributed by atoms with van der Waals surface area (Å²) >= 11 is 0. The van der Waals surface area contributed by atoms with E-state index >= 15 is 0 Å². The van der Waals surface area contributed by atoms with Crippen LogP contribution in [-0.2, 0) is 26.0 Å². The zero-order valence-electron chi connectivity index (χ0n) is 15.2. The fraction of sp³-hybridized carbons (Fsp3) is 0.316. The quantitative estimate of drug-likeness (QED) is 0.470. The number of carbonyl (C=O) groups excluding carboxylic acids is 1. The van der Waals surface area contributed by atoms with Crippen molar-refractivity contribution in [1.29, 1.82) is 0 Å². The summed E-state index contributed by atoms with van der Waals surface area (Å²) in [4.78, 5) is 11.7. The molecule has 2 atom stereocenters. The van der Waals surface area contributed by atoms with E-state index < -0.39 is 39.0 Å². The van der Waals surface area contributed by atoms with E-state index in [9.17, 15) is 22.7 Å². The maximum Gasteiger partial charge on any atom is 0.279 e. The van der Waals surface area contributed by atoms with E-state index in [2.05, 4.69) is 0 Å². The van der Waals surface area contributed by atoms with Gasteiger partial charge in [-0.1, -0.05) is 18.2 Å². The van der Waals surface area contributed by atoms with Crippen molar-refractivity contribution in [3.63, 3.8) is 0 Å². The van der Waals surface area contributed by atoms with Gasteiger partial charge in [0.1, 0.15) is 23.4 Å². The van der Waals surface area contributed by atoms with Crippen LogP contribution in [0, 0.1) is 5.82 Å². The van der Waals surface area contributed by atoms with Crippen molar-refractivity contribution in [2.24, 2.45) is 0 Å². The lowest BCUT2D eigenvalue weighted by Gasteiger charge is -2.36. The number of nitrogens with one attached hydrogen (secondary N) is 1. The molecule has 3 N–H and O–H groups in total. The molecule has 3 rings (SSSR count). The Hall–Kier alpha value is -2.53. The molecule has 0 radical (unpaired) electrons. The van der Waals surface area contributed by atoms with Crippen LogP contribution in [0.4, 0.5) is 4.39 Å². The van der Waals surface area contributed by atoms with Crippen molar-refractivity contribution >= 4 is 15.7 Å². The summed E-state index contributed by atoms with van der Waals surface area (Å²) in [6, 6.07) is 11.5. The van der Waals surface area contributed by atoms with Crippen LogP contribution in [0.25, 0.3) is 0 Å². The molecule has 2 aromatic carbocycles. The predicted octanol–water partition coefficient (Wildman–Crippen LogP) is 1.20. The van der Waals surface area contributed by atoms with Crippen molar-refractivity contribution in [2.45, 2.75) is 28.8 Å². The van der Waals surface area contributed by atoms with Crippen molar-refractivity contribution in [3.05, 3.63) is 59.9 Å². The highest BCUT2D eigenvalue weighted by atomic mass is 32.2.